The molecule has 10 heteroatoms. The third-order valence-electron chi connectivity index (χ3n) is 8.55. The van der Waals surface area contributed by atoms with Gasteiger partial charge in [0.1, 0.15) is 17.6 Å². The first-order valence-corrected chi connectivity index (χ1v) is 15.9. The molecule has 0 bridgehead atoms. The molecule has 0 aliphatic carbocycles. The second-order valence-electron chi connectivity index (χ2n) is 12.4. The number of nitrogens with one attached hydrogen (secondary N) is 1. The predicted octanol–water partition coefficient (Wildman–Crippen LogP) is 6.87. The molecule has 0 aromatic heterocycles. The van der Waals surface area contributed by atoms with E-state index < -0.39 is 35.4 Å². The molecule has 252 valence electrons. The van der Waals surface area contributed by atoms with E-state index in [1.54, 1.807) is 17.9 Å². The lowest BCUT2D eigenvalue weighted by molar-refractivity contribution is -0.140. The van der Waals surface area contributed by atoms with Gasteiger partial charge in [-0.05, 0) is 62.4 Å². The van der Waals surface area contributed by atoms with Gasteiger partial charge in [0.2, 0.25) is 0 Å². The van der Waals surface area contributed by atoms with Gasteiger partial charge >= 0.3 is 5.92 Å². The summed E-state index contributed by atoms with van der Waals surface area (Å²) in [7, 11) is 1.95. The van der Waals surface area contributed by atoms with E-state index in [0.717, 1.165) is 22.6 Å². The molecule has 0 radical (unpaired) electrons. The molecule has 4 aromatic rings. The number of aryl methyl sites for hydroxylation is 1. The largest absolute Gasteiger partial charge is 0.486 e. The number of fused-ring (bicyclic) bond motifs is 1. The maximum absolute atomic E-state index is 15.2. The van der Waals surface area contributed by atoms with Gasteiger partial charge in [0.25, 0.3) is 11.8 Å². The Hall–Kier alpha value is -4.80. The van der Waals surface area contributed by atoms with Gasteiger partial charge in [0.05, 0.1) is 23.9 Å². The minimum atomic E-state index is -3.83. The van der Waals surface area contributed by atoms with E-state index in [4.69, 9.17) is 9.47 Å². The molecule has 4 aromatic carbocycles. The van der Waals surface area contributed by atoms with Gasteiger partial charge in [0.15, 0.2) is 5.75 Å². The minimum absolute atomic E-state index is 0.0116. The van der Waals surface area contributed by atoms with Crippen LogP contribution in [0.2, 0.25) is 0 Å². The average Bonchev–Trinajstić information content (AvgIpc) is 3.08. The standard InChI is InChI=1S/C38H41F2N3O5/c1-25-11-8-9-16-33(25)47-30-19-17-28(18-20-30)22-42(4)23-34-26(2)21-43(27(3)24-44)36(45)31-14-10-15-32(35(31)48-34)41-37(46)38(39,40)29-12-6-5-7-13-29/h5-20,26-27,34,44H,21-24H2,1-4H3,(H,41,46)/t26-,27?,34-/m1/s1. The van der Waals surface area contributed by atoms with Gasteiger partial charge in [-0.25, -0.2) is 0 Å². The highest BCUT2D eigenvalue weighted by Gasteiger charge is 2.42. The van der Waals surface area contributed by atoms with Crippen molar-refractivity contribution in [2.75, 3.05) is 32.1 Å². The van der Waals surface area contributed by atoms with Gasteiger partial charge in [-0.2, -0.15) is 8.78 Å². The fourth-order valence-corrected chi connectivity index (χ4v) is 5.68. The normalized spacial score (nSPS) is 17.2. The maximum Gasteiger partial charge on any atom is 0.350 e. The molecule has 0 saturated carbocycles. The molecule has 0 saturated heterocycles. The summed E-state index contributed by atoms with van der Waals surface area (Å²) < 4.78 is 42.9. The number of anilines is 1. The fourth-order valence-electron chi connectivity index (χ4n) is 5.68. The first-order chi connectivity index (χ1) is 23.0. The number of hydrogen-bond donors (Lipinski definition) is 2. The fraction of sp³-hybridized carbons (Fsp3) is 0.316. The molecule has 2 amide bonds. The lowest BCUT2D eigenvalue weighted by atomic mass is 9.98. The van der Waals surface area contributed by atoms with Crippen LogP contribution in [0.15, 0.2) is 97.1 Å². The third-order valence-corrected chi connectivity index (χ3v) is 8.55. The molecule has 0 spiro atoms. The Kier molecular flexibility index (Phi) is 10.8. The first kappa shape index (κ1) is 34.5. The number of alkyl halides is 2. The second-order valence-corrected chi connectivity index (χ2v) is 12.4. The zero-order valence-electron chi connectivity index (χ0n) is 27.5. The highest BCUT2D eigenvalue weighted by molar-refractivity contribution is 6.03. The summed E-state index contributed by atoms with van der Waals surface area (Å²) in [5, 5.41) is 12.3. The van der Waals surface area contributed by atoms with Crippen LogP contribution in [0, 0.1) is 12.8 Å². The van der Waals surface area contributed by atoms with Crippen molar-refractivity contribution in [3.63, 3.8) is 0 Å². The zero-order valence-corrected chi connectivity index (χ0v) is 27.5. The molecule has 2 N–H and O–H groups in total. The smallest absolute Gasteiger partial charge is 0.350 e. The summed E-state index contributed by atoms with van der Waals surface area (Å²) in [6, 6.07) is 26.4. The van der Waals surface area contributed by atoms with Crippen molar-refractivity contribution < 1.29 is 33.0 Å². The van der Waals surface area contributed by atoms with Crippen molar-refractivity contribution in [2.24, 2.45) is 5.92 Å². The number of likely N-dealkylation sites (N-methyl/N-ethyl adjacent to an activating group) is 1. The number of aliphatic hydroxyl groups is 1. The number of benzene rings is 4. The quantitative estimate of drug-likeness (QED) is 0.183. The molecule has 1 unspecified atom stereocenters. The number of halogens is 2. The molecule has 1 aliphatic rings. The summed E-state index contributed by atoms with van der Waals surface area (Å²) >= 11 is 0. The minimum Gasteiger partial charge on any atom is -0.486 e. The van der Waals surface area contributed by atoms with Crippen LogP contribution in [0.3, 0.4) is 0 Å². The highest BCUT2D eigenvalue weighted by atomic mass is 19.3. The first-order valence-electron chi connectivity index (χ1n) is 15.9. The number of hydrogen-bond acceptors (Lipinski definition) is 6. The molecule has 8 nitrogen and oxygen atoms in total. The average molecular weight is 658 g/mol. The summed E-state index contributed by atoms with van der Waals surface area (Å²) in [6.45, 7) is 6.70. The lowest BCUT2D eigenvalue weighted by Crippen LogP contribution is -2.49. The van der Waals surface area contributed by atoms with E-state index in [9.17, 15) is 14.7 Å². The van der Waals surface area contributed by atoms with Gasteiger partial charge in [-0.15, -0.1) is 0 Å². The van der Waals surface area contributed by atoms with Crippen molar-refractivity contribution in [1.29, 1.82) is 0 Å². The van der Waals surface area contributed by atoms with E-state index in [1.165, 1.54) is 42.5 Å². The van der Waals surface area contributed by atoms with E-state index in [0.29, 0.717) is 19.6 Å². The Labute approximate surface area is 279 Å². The van der Waals surface area contributed by atoms with Crippen molar-refractivity contribution in [1.82, 2.24) is 9.80 Å². The van der Waals surface area contributed by atoms with Crippen molar-refractivity contribution in [3.8, 4) is 17.2 Å². The van der Waals surface area contributed by atoms with E-state index in [-0.39, 0.29) is 29.5 Å². The van der Waals surface area contributed by atoms with Gasteiger partial charge in [-0.1, -0.05) is 73.7 Å². The highest BCUT2D eigenvalue weighted by Crippen LogP contribution is 2.37. The number of ether oxygens (including phenoxy) is 2. The Morgan fingerprint density at radius 1 is 1.04 bits per heavy atom. The van der Waals surface area contributed by atoms with Crippen LogP contribution < -0.4 is 14.8 Å². The van der Waals surface area contributed by atoms with Crippen LogP contribution in [0.25, 0.3) is 0 Å². The molecule has 48 heavy (non-hydrogen) atoms. The lowest BCUT2D eigenvalue weighted by Gasteiger charge is -2.38. The predicted molar refractivity (Wildman–Crippen MR) is 181 cm³/mol. The van der Waals surface area contributed by atoms with Crippen molar-refractivity contribution in [2.45, 2.75) is 45.4 Å². The van der Waals surface area contributed by atoms with Crippen LogP contribution in [-0.4, -0.2) is 65.6 Å². The van der Waals surface area contributed by atoms with Crippen molar-refractivity contribution >= 4 is 17.5 Å². The van der Waals surface area contributed by atoms with Gasteiger partial charge < -0.3 is 24.8 Å². The molecular formula is C38H41F2N3O5. The SMILES string of the molecule is Cc1ccccc1Oc1ccc(CN(C)C[C@H]2Oc3c(NC(=O)C(F)(F)c4ccccc4)cccc3C(=O)N(C(C)CO)C[C@H]2C)cc1. The van der Waals surface area contributed by atoms with E-state index in [2.05, 4.69) is 10.2 Å². The molecular weight excluding hydrogens is 616 g/mol. The zero-order chi connectivity index (χ0) is 34.4. The second kappa shape index (κ2) is 15.0. The summed E-state index contributed by atoms with van der Waals surface area (Å²) in [5.74, 6) is -4.50. The van der Waals surface area contributed by atoms with Crippen LogP contribution in [0.1, 0.15) is 40.9 Å². The number of para-hydroxylation sites is 2. The number of aliphatic hydroxyl groups excluding tert-OH is 1. The van der Waals surface area contributed by atoms with E-state index >= 15 is 8.78 Å². The Balaban J connectivity index is 1.38. The summed E-state index contributed by atoms with van der Waals surface area (Å²) in [6.07, 6.45) is -0.508. The molecule has 0 fully saturated rings. The molecule has 3 atom stereocenters. The van der Waals surface area contributed by atoms with E-state index in [1.807, 2.05) is 69.4 Å². The van der Waals surface area contributed by atoms with Crippen LogP contribution >= 0.6 is 0 Å². The van der Waals surface area contributed by atoms with Crippen LogP contribution in [-0.2, 0) is 17.3 Å². The Morgan fingerprint density at radius 3 is 2.42 bits per heavy atom. The number of nitrogens with zero attached hydrogens (tertiary/aromatic N) is 2. The topological polar surface area (TPSA) is 91.3 Å². The number of carbonyl (C=O) groups excluding carboxylic acids is 2. The van der Waals surface area contributed by atoms with Gasteiger partial charge in [-0.3, -0.25) is 14.5 Å². The van der Waals surface area contributed by atoms with Gasteiger partial charge in [0, 0.05) is 31.1 Å². The molecule has 1 heterocycles. The number of amides is 2. The molecule has 1 aliphatic heterocycles. The summed E-state index contributed by atoms with van der Waals surface area (Å²) in [4.78, 5) is 30.4. The van der Waals surface area contributed by atoms with Crippen LogP contribution in [0.5, 0.6) is 17.2 Å². The monoisotopic (exact) mass is 657 g/mol. The van der Waals surface area contributed by atoms with Crippen LogP contribution in [0.4, 0.5) is 14.5 Å². The Morgan fingerprint density at radius 2 is 1.73 bits per heavy atom. The number of rotatable bonds is 11. The number of carbonyl (C=O) groups is 2. The third kappa shape index (κ3) is 7.83. The molecule has 5 rings (SSSR count). The maximum atomic E-state index is 15.2. The summed E-state index contributed by atoms with van der Waals surface area (Å²) in [5.41, 5.74) is 1.70. The Bertz CT molecular complexity index is 1720. The van der Waals surface area contributed by atoms with Crippen molar-refractivity contribution in [3.05, 3.63) is 119 Å².